The third kappa shape index (κ3) is 3.93. The zero-order valence-electron chi connectivity index (χ0n) is 14.7. The minimum atomic E-state index is -0.855. The summed E-state index contributed by atoms with van der Waals surface area (Å²) in [5.41, 5.74) is 1.94. The topological polar surface area (TPSA) is 109 Å². The molecule has 0 bridgehead atoms. The zero-order chi connectivity index (χ0) is 18.7. The number of carbonyl (C=O) groups excluding carboxylic acids is 3. The zero-order valence-corrected chi connectivity index (χ0v) is 14.7. The molecule has 0 radical (unpaired) electrons. The highest BCUT2D eigenvalue weighted by atomic mass is 16.3. The Morgan fingerprint density at radius 1 is 1.38 bits per heavy atom. The second-order valence-electron chi connectivity index (χ2n) is 6.21. The number of carbonyl (C=O) groups is 3. The molecular weight excluding hydrogens is 338 g/mol. The van der Waals surface area contributed by atoms with Gasteiger partial charge in [-0.25, -0.2) is 4.79 Å². The van der Waals surface area contributed by atoms with Crippen LogP contribution in [0.15, 0.2) is 28.9 Å². The van der Waals surface area contributed by atoms with Crippen LogP contribution < -0.4 is 10.6 Å². The molecule has 26 heavy (non-hydrogen) atoms. The van der Waals surface area contributed by atoms with Gasteiger partial charge in [0.25, 0.3) is 5.91 Å². The predicted octanol–water partition coefficient (Wildman–Crippen LogP) is 0.720. The summed E-state index contributed by atoms with van der Waals surface area (Å²) in [6, 6.07) is 3.95. The summed E-state index contributed by atoms with van der Waals surface area (Å²) in [6.45, 7) is 4.84. The Bertz CT molecular complexity index is 811. The second kappa shape index (κ2) is 7.42. The average Bonchev–Trinajstić information content (AvgIpc) is 3.26. The standard InChI is InChI=1S/C17H21N5O4/c1-11-8-12(2)22(20-11)6-5-18-15(23)9-14-16(24)21(17(25)19-14)10-13-4-3-7-26-13/h3-4,7-8,14H,5-6,9-10H2,1-2H3,(H,18,23)(H,19,25)/t14-/m1/s1. The highest BCUT2D eigenvalue weighted by Gasteiger charge is 2.39. The lowest BCUT2D eigenvalue weighted by molar-refractivity contribution is -0.131. The number of urea groups is 1. The third-order valence-electron chi connectivity index (χ3n) is 4.14. The smallest absolute Gasteiger partial charge is 0.325 e. The molecule has 1 aliphatic heterocycles. The fourth-order valence-corrected chi connectivity index (χ4v) is 2.88. The molecule has 0 aromatic carbocycles. The number of nitrogens with one attached hydrogen (secondary N) is 2. The molecule has 4 amide bonds. The molecule has 0 unspecified atom stereocenters. The van der Waals surface area contributed by atoms with E-state index in [1.54, 1.807) is 12.1 Å². The predicted molar refractivity (Wildman–Crippen MR) is 90.9 cm³/mol. The van der Waals surface area contributed by atoms with E-state index in [9.17, 15) is 14.4 Å². The van der Waals surface area contributed by atoms with Gasteiger partial charge in [0, 0.05) is 12.2 Å². The van der Waals surface area contributed by atoms with Crippen molar-refractivity contribution in [3.8, 4) is 0 Å². The van der Waals surface area contributed by atoms with Crippen molar-refractivity contribution in [2.75, 3.05) is 6.54 Å². The molecule has 2 aromatic rings. The number of hydrogen-bond donors (Lipinski definition) is 2. The summed E-state index contributed by atoms with van der Waals surface area (Å²) >= 11 is 0. The van der Waals surface area contributed by atoms with Crippen molar-refractivity contribution < 1.29 is 18.8 Å². The molecule has 9 nitrogen and oxygen atoms in total. The molecule has 0 spiro atoms. The maximum absolute atomic E-state index is 12.3. The van der Waals surface area contributed by atoms with Gasteiger partial charge in [-0.2, -0.15) is 5.10 Å². The lowest BCUT2D eigenvalue weighted by Gasteiger charge is -2.11. The maximum atomic E-state index is 12.3. The van der Waals surface area contributed by atoms with Gasteiger partial charge in [0.1, 0.15) is 11.8 Å². The molecule has 0 aliphatic carbocycles. The van der Waals surface area contributed by atoms with Crippen LogP contribution in [0.1, 0.15) is 23.6 Å². The van der Waals surface area contributed by atoms with E-state index in [0.29, 0.717) is 18.8 Å². The van der Waals surface area contributed by atoms with E-state index in [1.165, 1.54) is 6.26 Å². The van der Waals surface area contributed by atoms with E-state index >= 15 is 0 Å². The lowest BCUT2D eigenvalue weighted by atomic mass is 10.2. The quantitative estimate of drug-likeness (QED) is 0.708. The molecule has 3 rings (SSSR count). The minimum absolute atomic E-state index is 0.0493. The van der Waals surface area contributed by atoms with Gasteiger partial charge in [-0.3, -0.25) is 19.2 Å². The van der Waals surface area contributed by atoms with Crippen LogP contribution in [0.5, 0.6) is 0 Å². The minimum Gasteiger partial charge on any atom is -0.467 e. The summed E-state index contributed by atoms with van der Waals surface area (Å²) in [6.07, 6.45) is 1.37. The third-order valence-corrected chi connectivity index (χ3v) is 4.14. The van der Waals surface area contributed by atoms with Gasteiger partial charge in [0.15, 0.2) is 0 Å². The molecular formula is C17H21N5O4. The lowest BCUT2D eigenvalue weighted by Crippen LogP contribution is -2.37. The summed E-state index contributed by atoms with van der Waals surface area (Å²) in [4.78, 5) is 37.4. The Morgan fingerprint density at radius 2 is 2.19 bits per heavy atom. The van der Waals surface area contributed by atoms with E-state index < -0.39 is 18.0 Å². The molecule has 1 aliphatic rings. The summed E-state index contributed by atoms with van der Waals surface area (Å²) in [5.74, 6) is -0.228. The van der Waals surface area contributed by atoms with Crippen LogP contribution in [0.25, 0.3) is 0 Å². The van der Waals surface area contributed by atoms with Gasteiger partial charge < -0.3 is 15.1 Å². The Labute approximate surface area is 150 Å². The molecule has 138 valence electrons. The van der Waals surface area contributed by atoms with Crippen molar-refractivity contribution >= 4 is 17.8 Å². The largest absolute Gasteiger partial charge is 0.467 e. The van der Waals surface area contributed by atoms with Crippen LogP contribution in [-0.4, -0.2) is 45.1 Å². The molecule has 1 fully saturated rings. The SMILES string of the molecule is Cc1cc(C)n(CCNC(=O)C[C@H]2NC(=O)N(Cc3ccco3)C2=O)n1. The van der Waals surface area contributed by atoms with Crippen molar-refractivity contribution in [1.82, 2.24) is 25.3 Å². The number of aromatic nitrogens is 2. The Hall–Kier alpha value is -3.10. The van der Waals surface area contributed by atoms with Crippen molar-refractivity contribution in [3.63, 3.8) is 0 Å². The molecule has 2 aromatic heterocycles. The highest BCUT2D eigenvalue weighted by molar-refractivity contribution is 6.05. The van der Waals surface area contributed by atoms with Gasteiger partial charge in [-0.1, -0.05) is 0 Å². The number of amides is 4. The number of nitrogens with zero attached hydrogens (tertiary/aromatic N) is 3. The fraction of sp³-hybridized carbons (Fsp3) is 0.412. The van der Waals surface area contributed by atoms with Crippen molar-refractivity contribution in [2.45, 2.75) is 39.4 Å². The number of aryl methyl sites for hydroxylation is 2. The first kappa shape index (κ1) is 17.7. The van der Waals surface area contributed by atoms with Crippen LogP contribution in [0.2, 0.25) is 0 Å². The van der Waals surface area contributed by atoms with Gasteiger partial charge in [-0.15, -0.1) is 0 Å². The summed E-state index contributed by atoms with van der Waals surface area (Å²) in [7, 11) is 0. The Kier molecular flexibility index (Phi) is 5.06. The second-order valence-corrected chi connectivity index (χ2v) is 6.21. The normalized spacial score (nSPS) is 16.8. The van der Waals surface area contributed by atoms with E-state index in [0.717, 1.165) is 16.3 Å². The maximum Gasteiger partial charge on any atom is 0.325 e. The highest BCUT2D eigenvalue weighted by Crippen LogP contribution is 2.14. The summed E-state index contributed by atoms with van der Waals surface area (Å²) in [5, 5.41) is 9.60. The van der Waals surface area contributed by atoms with Crippen LogP contribution in [0.3, 0.4) is 0 Å². The number of rotatable bonds is 7. The van der Waals surface area contributed by atoms with Crippen molar-refractivity contribution in [3.05, 3.63) is 41.6 Å². The Balaban J connectivity index is 1.47. The first-order valence-corrected chi connectivity index (χ1v) is 8.36. The molecule has 1 saturated heterocycles. The summed E-state index contributed by atoms with van der Waals surface area (Å²) < 4.78 is 6.96. The van der Waals surface area contributed by atoms with E-state index in [4.69, 9.17) is 4.42 Å². The van der Waals surface area contributed by atoms with Crippen LogP contribution >= 0.6 is 0 Å². The molecule has 0 saturated carbocycles. The van der Waals surface area contributed by atoms with E-state index in [2.05, 4.69) is 15.7 Å². The van der Waals surface area contributed by atoms with Gasteiger partial charge >= 0.3 is 6.03 Å². The number of furan rings is 1. The molecule has 1 atom stereocenters. The number of imide groups is 1. The van der Waals surface area contributed by atoms with Gasteiger partial charge in [0.05, 0.1) is 31.5 Å². The fourth-order valence-electron chi connectivity index (χ4n) is 2.88. The van der Waals surface area contributed by atoms with Gasteiger partial charge in [-0.05, 0) is 32.0 Å². The van der Waals surface area contributed by atoms with Crippen LogP contribution in [0, 0.1) is 13.8 Å². The Morgan fingerprint density at radius 3 is 2.85 bits per heavy atom. The number of hydrogen-bond acceptors (Lipinski definition) is 5. The van der Waals surface area contributed by atoms with Crippen molar-refractivity contribution in [2.24, 2.45) is 0 Å². The molecule has 9 heteroatoms. The first-order chi connectivity index (χ1) is 12.4. The monoisotopic (exact) mass is 359 g/mol. The molecule has 3 heterocycles. The first-order valence-electron chi connectivity index (χ1n) is 8.36. The molecule has 2 N–H and O–H groups in total. The van der Waals surface area contributed by atoms with E-state index in [1.807, 2.05) is 24.6 Å². The van der Waals surface area contributed by atoms with Crippen LogP contribution in [0.4, 0.5) is 4.79 Å². The van der Waals surface area contributed by atoms with Crippen LogP contribution in [-0.2, 0) is 22.7 Å². The van der Waals surface area contributed by atoms with Crippen molar-refractivity contribution in [1.29, 1.82) is 0 Å². The average molecular weight is 359 g/mol. The van der Waals surface area contributed by atoms with E-state index in [-0.39, 0.29) is 18.9 Å². The van der Waals surface area contributed by atoms with Gasteiger partial charge in [0.2, 0.25) is 5.91 Å².